The van der Waals surface area contributed by atoms with E-state index in [1.165, 1.54) is 13.8 Å². The smallest absolute Gasteiger partial charge is 0.243 e. The van der Waals surface area contributed by atoms with E-state index < -0.39 is 89.6 Å². The van der Waals surface area contributed by atoms with Crippen molar-refractivity contribution in [3.63, 3.8) is 0 Å². The number of aliphatic hydroxyl groups is 1. The zero-order chi connectivity index (χ0) is 43.9. The molecule has 17 heteroatoms. The van der Waals surface area contributed by atoms with E-state index in [0.29, 0.717) is 50.8 Å². The Morgan fingerprint density at radius 1 is 0.559 bits per heavy atom. The van der Waals surface area contributed by atoms with E-state index in [2.05, 4.69) is 31.9 Å². The SMILES string of the molecule is CC[C@H](C)[C@H](NC(=O)[C@H](CCCCN)NC(=O)[C@H](CCCCN)NC(=O)[C@H](Cc1ccccc1)NC(C)=O)C(=O)N[C@@H](Cc1ccccc1)C(=O)N[C@H](C(N)=O)[C@@H](C)O. The fourth-order valence-corrected chi connectivity index (χ4v) is 6.33. The van der Waals surface area contributed by atoms with Crippen molar-refractivity contribution in [3.8, 4) is 0 Å². The lowest BCUT2D eigenvalue weighted by Gasteiger charge is -2.30. The molecule has 0 saturated carbocycles. The van der Waals surface area contributed by atoms with Crippen LogP contribution in [0.4, 0.5) is 0 Å². The van der Waals surface area contributed by atoms with Gasteiger partial charge in [-0.2, -0.15) is 0 Å². The van der Waals surface area contributed by atoms with Gasteiger partial charge in [-0.3, -0.25) is 33.6 Å². The van der Waals surface area contributed by atoms with Crippen LogP contribution in [0.1, 0.15) is 83.8 Å². The second-order valence-electron chi connectivity index (χ2n) is 14.9. The van der Waals surface area contributed by atoms with Gasteiger partial charge < -0.3 is 54.2 Å². The molecule has 0 fully saturated rings. The molecular weight excluding hydrogens is 759 g/mol. The highest BCUT2D eigenvalue weighted by molar-refractivity contribution is 5.97. The number of hydrogen-bond acceptors (Lipinski definition) is 10. The number of carbonyl (C=O) groups excluding carboxylic acids is 7. The highest BCUT2D eigenvalue weighted by Gasteiger charge is 2.35. The van der Waals surface area contributed by atoms with Gasteiger partial charge in [0.25, 0.3) is 0 Å². The normalized spacial score (nSPS) is 15.1. The predicted octanol–water partition coefficient (Wildman–Crippen LogP) is -0.429. The highest BCUT2D eigenvalue weighted by atomic mass is 16.3. The Morgan fingerprint density at radius 3 is 1.36 bits per heavy atom. The second-order valence-corrected chi connectivity index (χ2v) is 14.9. The molecule has 0 bridgehead atoms. The van der Waals surface area contributed by atoms with E-state index in [-0.39, 0.29) is 25.7 Å². The van der Waals surface area contributed by atoms with Crippen LogP contribution in [0.25, 0.3) is 0 Å². The average molecular weight is 824 g/mol. The fourth-order valence-electron chi connectivity index (χ4n) is 6.33. The molecule has 0 unspecified atom stereocenters. The molecule has 0 radical (unpaired) electrons. The van der Waals surface area contributed by atoms with Crippen LogP contribution in [0.15, 0.2) is 60.7 Å². The third-order valence-electron chi connectivity index (χ3n) is 9.93. The zero-order valence-electron chi connectivity index (χ0n) is 34.7. The van der Waals surface area contributed by atoms with Gasteiger partial charge in [-0.05, 0) is 75.6 Å². The minimum absolute atomic E-state index is 0.00799. The largest absolute Gasteiger partial charge is 0.391 e. The summed E-state index contributed by atoms with van der Waals surface area (Å²) in [6.45, 7) is 6.85. The van der Waals surface area contributed by atoms with Crippen LogP contribution in [0, 0.1) is 5.92 Å². The van der Waals surface area contributed by atoms with Gasteiger partial charge in [-0.25, -0.2) is 0 Å². The molecule has 8 atom stereocenters. The number of nitrogens with one attached hydrogen (secondary N) is 6. The number of amides is 7. The molecule has 2 rings (SSSR count). The quantitative estimate of drug-likeness (QED) is 0.0519. The molecule has 326 valence electrons. The van der Waals surface area contributed by atoms with Gasteiger partial charge in [0.1, 0.15) is 36.3 Å². The minimum atomic E-state index is -1.43. The van der Waals surface area contributed by atoms with Crippen LogP contribution >= 0.6 is 0 Å². The Hall–Kier alpha value is -5.39. The number of carbonyl (C=O) groups is 7. The molecular formula is C42H65N9O8. The van der Waals surface area contributed by atoms with Crippen LogP contribution < -0.4 is 49.1 Å². The number of aliphatic hydroxyl groups excluding tert-OH is 1. The summed E-state index contributed by atoms with van der Waals surface area (Å²) < 4.78 is 0. The van der Waals surface area contributed by atoms with Gasteiger partial charge in [-0.15, -0.1) is 0 Å². The Balaban J connectivity index is 2.38. The summed E-state index contributed by atoms with van der Waals surface area (Å²) in [4.78, 5) is 93.4. The van der Waals surface area contributed by atoms with E-state index in [4.69, 9.17) is 17.2 Å². The first-order valence-electron chi connectivity index (χ1n) is 20.4. The lowest BCUT2D eigenvalue weighted by molar-refractivity contribution is -0.136. The maximum absolute atomic E-state index is 14.1. The van der Waals surface area contributed by atoms with E-state index >= 15 is 0 Å². The zero-order valence-corrected chi connectivity index (χ0v) is 34.7. The number of unbranched alkanes of at least 4 members (excludes halogenated alkanes) is 2. The molecule has 7 amide bonds. The fraction of sp³-hybridized carbons (Fsp3) is 0.548. The van der Waals surface area contributed by atoms with E-state index in [1.807, 2.05) is 37.3 Å². The third-order valence-corrected chi connectivity index (χ3v) is 9.93. The van der Waals surface area contributed by atoms with Gasteiger partial charge in [0.15, 0.2) is 0 Å². The van der Waals surface area contributed by atoms with Crippen molar-refractivity contribution >= 4 is 41.4 Å². The summed E-state index contributed by atoms with van der Waals surface area (Å²) in [6.07, 6.45) is 1.69. The Kier molecular flexibility index (Phi) is 22.4. The Morgan fingerprint density at radius 2 is 0.949 bits per heavy atom. The van der Waals surface area contributed by atoms with Crippen molar-refractivity contribution < 1.29 is 38.7 Å². The van der Waals surface area contributed by atoms with Crippen LogP contribution in [-0.4, -0.2) is 102 Å². The van der Waals surface area contributed by atoms with Gasteiger partial charge in [0.2, 0.25) is 41.4 Å². The predicted molar refractivity (Wildman–Crippen MR) is 224 cm³/mol. The number of nitrogens with two attached hydrogens (primary N) is 3. The Labute approximate surface area is 347 Å². The number of primary amides is 1. The molecule has 0 aliphatic carbocycles. The van der Waals surface area contributed by atoms with E-state index in [0.717, 1.165) is 5.56 Å². The standard InChI is InChI=1S/C42H65N9O8/c1-5-26(2)35(42(59)49-34(25-30-18-10-7-11-19-30)41(58)51-36(27(3)52)37(45)54)50-39(56)32(21-13-15-23-44)47-38(55)31(20-12-14-22-43)48-40(57)33(46-28(4)53)24-29-16-8-6-9-17-29/h6-11,16-19,26-27,31-36,52H,5,12-15,20-25,43-44H2,1-4H3,(H2,45,54)(H,46,53)(H,47,55)(H,48,57)(H,49,59)(H,50,56)(H,51,58)/t26-,27+,31-,32-,33-,34-,35-,36-/m0/s1. The van der Waals surface area contributed by atoms with E-state index in [1.54, 1.807) is 37.3 Å². The maximum atomic E-state index is 14.1. The summed E-state index contributed by atoms with van der Waals surface area (Å²) in [6, 6.07) is 10.8. The monoisotopic (exact) mass is 823 g/mol. The van der Waals surface area contributed by atoms with Gasteiger partial charge >= 0.3 is 0 Å². The highest BCUT2D eigenvalue weighted by Crippen LogP contribution is 2.13. The average Bonchev–Trinajstić information content (AvgIpc) is 3.20. The molecule has 0 aliphatic rings. The van der Waals surface area contributed by atoms with Crippen molar-refractivity contribution in [1.29, 1.82) is 0 Å². The molecule has 17 nitrogen and oxygen atoms in total. The number of rotatable bonds is 27. The van der Waals surface area contributed by atoms with Crippen molar-refractivity contribution in [2.24, 2.45) is 23.1 Å². The molecule has 0 saturated heterocycles. The first-order valence-corrected chi connectivity index (χ1v) is 20.4. The summed E-state index contributed by atoms with van der Waals surface area (Å²) in [5.41, 5.74) is 18.4. The molecule has 0 heterocycles. The van der Waals surface area contributed by atoms with Crippen molar-refractivity contribution in [2.45, 2.75) is 128 Å². The van der Waals surface area contributed by atoms with Gasteiger partial charge in [0, 0.05) is 19.8 Å². The summed E-state index contributed by atoms with van der Waals surface area (Å²) in [7, 11) is 0. The van der Waals surface area contributed by atoms with Crippen LogP contribution in [0.3, 0.4) is 0 Å². The van der Waals surface area contributed by atoms with Crippen molar-refractivity contribution in [2.75, 3.05) is 13.1 Å². The summed E-state index contributed by atoms with van der Waals surface area (Å²) in [5.74, 6) is -5.22. The molecule has 2 aromatic rings. The molecule has 0 aliphatic heterocycles. The molecule has 2 aromatic carbocycles. The maximum Gasteiger partial charge on any atom is 0.243 e. The summed E-state index contributed by atoms with van der Waals surface area (Å²) >= 11 is 0. The first-order chi connectivity index (χ1) is 28.1. The minimum Gasteiger partial charge on any atom is -0.391 e. The number of benzene rings is 2. The van der Waals surface area contributed by atoms with Gasteiger partial charge in [-0.1, -0.05) is 80.9 Å². The summed E-state index contributed by atoms with van der Waals surface area (Å²) in [5, 5.41) is 26.2. The van der Waals surface area contributed by atoms with Gasteiger partial charge in [0.05, 0.1) is 6.10 Å². The van der Waals surface area contributed by atoms with Crippen molar-refractivity contribution in [1.82, 2.24) is 31.9 Å². The molecule has 0 spiro atoms. The van der Waals surface area contributed by atoms with E-state index in [9.17, 15) is 38.7 Å². The second kappa shape index (κ2) is 26.6. The first kappa shape index (κ1) is 49.8. The molecule has 13 N–H and O–H groups in total. The molecule has 59 heavy (non-hydrogen) atoms. The third kappa shape index (κ3) is 18.0. The Bertz CT molecular complexity index is 1650. The molecule has 0 aromatic heterocycles. The lowest BCUT2D eigenvalue weighted by atomic mass is 9.96. The van der Waals surface area contributed by atoms with Crippen LogP contribution in [0.5, 0.6) is 0 Å². The lowest BCUT2D eigenvalue weighted by Crippen LogP contribution is -2.61. The topological polar surface area (TPSA) is 290 Å². The number of hydrogen-bond donors (Lipinski definition) is 10. The van der Waals surface area contributed by atoms with Crippen molar-refractivity contribution in [3.05, 3.63) is 71.8 Å². The van der Waals surface area contributed by atoms with Crippen LogP contribution in [0.2, 0.25) is 0 Å². The van der Waals surface area contributed by atoms with Crippen LogP contribution in [-0.2, 0) is 46.4 Å².